The maximum Gasteiger partial charge on any atom is 0.333 e. The maximum absolute atomic E-state index is 12.0. The molecule has 0 heterocycles. The summed E-state index contributed by atoms with van der Waals surface area (Å²) in [5, 5.41) is 0.261. The molecule has 0 spiro atoms. The monoisotopic (exact) mass is 270 g/mol. The Morgan fingerprint density at radius 2 is 1.78 bits per heavy atom. The number of carbonyl (C=O) groups is 1. The van der Waals surface area contributed by atoms with E-state index in [9.17, 15) is 4.79 Å². The molecule has 0 rings (SSSR count). The Hall–Kier alpha value is -0.573. The van der Waals surface area contributed by atoms with Crippen LogP contribution in [-0.2, 0) is 9.53 Å². The lowest BCUT2D eigenvalue weighted by atomic mass is 10.1. The SMILES string of the molecule is CCCC/C(=C\[Si](C)(C)C(C)(C)C)C(=O)OCC. The number of unbranched alkanes of at least 4 members (excludes halogenated alkanes) is 1. The fraction of sp³-hybridized carbons (Fsp3) is 0.800. The van der Waals surface area contributed by atoms with Gasteiger partial charge in [0, 0.05) is 5.57 Å². The quantitative estimate of drug-likeness (QED) is 0.397. The first kappa shape index (κ1) is 17.4. The van der Waals surface area contributed by atoms with Crippen LogP contribution in [0.25, 0.3) is 0 Å². The zero-order chi connectivity index (χ0) is 14.4. The van der Waals surface area contributed by atoms with Crippen molar-refractivity contribution in [2.24, 2.45) is 0 Å². The first-order chi connectivity index (χ1) is 8.15. The van der Waals surface area contributed by atoms with Gasteiger partial charge >= 0.3 is 5.97 Å². The highest BCUT2D eigenvalue weighted by molar-refractivity contribution is 6.85. The van der Waals surface area contributed by atoms with E-state index < -0.39 is 8.07 Å². The van der Waals surface area contributed by atoms with E-state index in [-0.39, 0.29) is 11.0 Å². The van der Waals surface area contributed by atoms with Gasteiger partial charge in [-0.3, -0.25) is 0 Å². The van der Waals surface area contributed by atoms with Crippen molar-refractivity contribution in [3.63, 3.8) is 0 Å². The maximum atomic E-state index is 12.0. The van der Waals surface area contributed by atoms with Crippen LogP contribution in [0.5, 0.6) is 0 Å². The minimum atomic E-state index is -1.57. The summed E-state index contributed by atoms with van der Waals surface area (Å²) in [7, 11) is -1.57. The van der Waals surface area contributed by atoms with Gasteiger partial charge in [-0.2, -0.15) is 0 Å². The topological polar surface area (TPSA) is 26.3 Å². The second-order valence-electron chi connectivity index (χ2n) is 6.47. The molecular weight excluding hydrogens is 240 g/mol. The van der Waals surface area contributed by atoms with Gasteiger partial charge < -0.3 is 4.74 Å². The van der Waals surface area contributed by atoms with Gasteiger partial charge in [0.05, 0.1) is 14.7 Å². The second-order valence-corrected chi connectivity index (χ2v) is 11.7. The summed E-state index contributed by atoms with van der Waals surface area (Å²) in [5.41, 5.74) is 3.14. The van der Waals surface area contributed by atoms with Gasteiger partial charge in [-0.15, -0.1) is 0 Å². The third-order valence-corrected chi connectivity index (χ3v) is 8.74. The van der Waals surface area contributed by atoms with Gasteiger partial charge in [0.15, 0.2) is 0 Å². The van der Waals surface area contributed by atoms with Crippen molar-refractivity contribution >= 4 is 14.0 Å². The van der Waals surface area contributed by atoms with Crippen LogP contribution >= 0.6 is 0 Å². The molecule has 0 saturated carbocycles. The average molecular weight is 270 g/mol. The van der Waals surface area contributed by atoms with E-state index in [1.165, 1.54) is 0 Å². The van der Waals surface area contributed by atoms with Crippen LogP contribution in [0.3, 0.4) is 0 Å². The predicted molar refractivity (Wildman–Crippen MR) is 81.4 cm³/mol. The van der Waals surface area contributed by atoms with Gasteiger partial charge in [0.2, 0.25) is 0 Å². The highest BCUT2D eigenvalue weighted by Crippen LogP contribution is 2.37. The van der Waals surface area contributed by atoms with Crippen molar-refractivity contribution < 1.29 is 9.53 Å². The molecule has 0 aromatic rings. The molecule has 0 fully saturated rings. The highest BCUT2D eigenvalue weighted by atomic mass is 28.3. The van der Waals surface area contributed by atoms with Crippen molar-refractivity contribution in [3.8, 4) is 0 Å². The van der Waals surface area contributed by atoms with Crippen LogP contribution < -0.4 is 0 Å². The Labute approximate surface area is 114 Å². The van der Waals surface area contributed by atoms with Crippen LogP contribution in [0, 0.1) is 0 Å². The minimum absolute atomic E-state index is 0.115. The number of esters is 1. The molecular formula is C15H30O2Si. The van der Waals surface area contributed by atoms with E-state index in [2.05, 4.69) is 46.5 Å². The Balaban J connectivity index is 5.11. The summed E-state index contributed by atoms with van der Waals surface area (Å²) < 4.78 is 5.17. The molecule has 0 aliphatic rings. The Morgan fingerprint density at radius 3 is 2.17 bits per heavy atom. The van der Waals surface area contributed by atoms with Crippen molar-refractivity contribution in [1.29, 1.82) is 0 Å². The molecule has 0 atom stereocenters. The Morgan fingerprint density at radius 1 is 1.22 bits per heavy atom. The molecule has 0 aliphatic heterocycles. The molecule has 18 heavy (non-hydrogen) atoms. The predicted octanol–water partition coefficient (Wildman–Crippen LogP) is 4.71. The number of rotatable bonds is 6. The van der Waals surface area contributed by atoms with E-state index in [0.717, 1.165) is 24.8 Å². The molecule has 0 aromatic heterocycles. The number of ether oxygens (including phenoxy) is 1. The summed E-state index contributed by atoms with van der Waals surface area (Å²) >= 11 is 0. The third kappa shape index (κ3) is 5.38. The first-order valence-electron chi connectivity index (χ1n) is 7.04. The smallest absolute Gasteiger partial charge is 0.333 e. The van der Waals surface area contributed by atoms with Crippen molar-refractivity contribution in [3.05, 3.63) is 11.3 Å². The molecule has 0 N–H and O–H groups in total. The Bertz CT molecular complexity index is 298. The van der Waals surface area contributed by atoms with Crippen molar-refractivity contribution in [1.82, 2.24) is 0 Å². The lowest BCUT2D eigenvalue weighted by Gasteiger charge is -2.34. The molecule has 0 aliphatic carbocycles. The molecule has 2 nitrogen and oxygen atoms in total. The molecule has 0 unspecified atom stereocenters. The summed E-state index contributed by atoms with van der Waals surface area (Å²) in [4.78, 5) is 12.0. The van der Waals surface area contributed by atoms with Crippen LogP contribution in [0.4, 0.5) is 0 Å². The van der Waals surface area contributed by atoms with E-state index in [1.807, 2.05) is 6.92 Å². The van der Waals surface area contributed by atoms with E-state index in [0.29, 0.717) is 6.61 Å². The van der Waals surface area contributed by atoms with Crippen LogP contribution in [0.15, 0.2) is 11.3 Å². The standard InChI is InChI=1S/C15H30O2Si/c1-8-10-11-13(14(16)17-9-2)12-18(6,7)15(3,4)5/h12H,8-11H2,1-7H3/b13-12+. The normalized spacial score (nSPS) is 13.6. The van der Waals surface area contributed by atoms with Crippen LogP contribution in [0.2, 0.25) is 18.1 Å². The molecule has 106 valence electrons. The Kier molecular flexibility index (Phi) is 6.90. The highest BCUT2D eigenvalue weighted by Gasteiger charge is 2.34. The number of carbonyl (C=O) groups excluding carboxylic acids is 1. The van der Waals surface area contributed by atoms with E-state index >= 15 is 0 Å². The van der Waals surface area contributed by atoms with Gasteiger partial charge in [-0.25, -0.2) is 4.79 Å². The summed E-state index contributed by atoms with van der Waals surface area (Å²) in [6, 6.07) is 0. The summed E-state index contributed by atoms with van der Waals surface area (Å²) in [6.45, 7) is 15.9. The van der Waals surface area contributed by atoms with E-state index in [1.54, 1.807) is 0 Å². The zero-order valence-corrected chi connectivity index (χ0v) is 14.2. The van der Waals surface area contributed by atoms with E-state index in [4.69, 9.17) is 4.74 Å². The third-order valence-electron chi connectivity index (χ3n) is 3.81. The summed E-state index contributed by atoms with van der Waals surface area (Å²) in [6.07, 6.45) is 3.01. The van der Waals surface area contributed by atoms with Gasteiger partial charge in [-0.1, -0.05) is 52.9 Å². The van der Waals surface area contributed by atoms with Crippen LogP contribution in [0.1, 0.15) is 53.9 Å². The molecule has 0 aromatic carbocycles. The lowest BCUT2D eigenvalue weighted by molar-refractivity contribution is -0.138. The van der Waals surface area contributed by atoms with Gasteiger partial charge in [0.1, 0.15) is 0 Å². The summed E-state index contributed by atoms with van der Waals surface area (Å²) in [5.74, 6) is -0.115. The number of hydrogen-bond acceptors (Lipinski definition) is 2. The van der Waals surface area contributed by atoms with Gasteiger partial charge in [-0.05, 0) is 24.8 Å². The molecule has 0 bridgehead atoms. The molecule has 0 amide bonds. The van der Waals surface area contributed by atoms with Crippen molar-refractivity contribution in [2.75, 3.05) is 6.61 Å². The zero-order valence-electron chi connectivity index (χ0n) is 13.2. The molecule has 0 radical (unpaired) electrons. The number of hydrogen-bond donors (Lipinski definition) is 0. The largest absolute Gasteiger partial charge is 0.463 e. The van der Waals surface area contributed by atoms with Gasteiger partial charge in [0.25, 0.3) is 0 Å². The van der Waals surface area contributed by atoms with Crippen molar-refractivity contribution in [2.45, 2.75) is 72.0 Å². The van der Waals surface area contributed by atoms with Crippen LogP contribution in [-0.4, -0.2) is 20.7 Å². The fourth-order valence-electron chi connectivity index (χ4n) is 1.48. The average Bonchev–Trinajstić information content (AvgIpc) is 2.22. The molecule has 0 saturated heterocycles. The lowest BCUT2D eigenvalue weighted by Crippen LogP contribution is -2.36. The second kappa shape index (κ2) is 7.12. The first-order valence-corrected chi connectivity index (χ1v) is 10.1. The molecule has 3 heteroatoms. The fourth-order valence-corrected chi connectivity index (χ4v) is 3.04. The minimum Gasteiger partial charge on any atom is -0.463 e.